The van der Waals surface area contributed by atoms with Crippen LogP contribution in [0.25, 0.3) is 0 Å². The zero-order valence-corrected chi connectivity index (χ0v) is 22.0. The molecule has 0 bridgehead atoms. The zero-order valence-electron chi connectivity index (χ0n) is 20.3. The molecule has 2 aromatic carbocycles. The maximum absolute atomic E-state index is 14.9. The van der Waals surface area contributed by atoms with E-state index in [0.29, 0.717) is 51.3 Å². The molecule has 194 valence electrons. The maximum Gasteiger partial charge on any atom is 0.234 e. The summed E-state index contributed by atoms with van der Waals surface area (Å²) in [5, 5.41) is 30.5. The molecule has 1 unspecified atom stereocenters. The summed E-state index contributed by atoms with van der Waals surface area (Å²) in [5.41, 5.74) is 8.79. The Hall–Kier alpha value is -4.52. The number of nitrogens with one attached hydrogen (secondary N) is 1. The van der Waals surface area contributed by atoms with Gasteiger partial charge < -0.3 is 11.1 Å². The molecule has 39 heavy (non-hydrogen) atoms. The number of rotatable bonds is 6. The number of hydrogen-bond acceptors (Lipinski definition) is 10. The first-order chi connectivity index (χ1) is 18.9. The number of nitriles is 2. The number of aromatic nitrogens is 2. The molecule has 1 atom stereocenters. The van der Waals surface area contributed by atoms with E-state index in [2.05, 4.69) is 21.6 Å². The SMILES string of the molecule is N#CC1=C(N)N(c2nnc(SCC(=O)Nc3ccc(C#N)cc3)s2)C2=C(C(=O)CCC2)C1c1ccccc1F. The number of benzene rings is 2. The molecule has 0 fully saturated rings. The molecule has 3 N–H and O–H groups in total. The van der Waals surface area contributed by atoms with Gasteiger partial charge in [-0.3, -0.25) is 14.5 Å². The van der Waals surface area contributed by atoms with Gasteiger partial charge in [-0.2, -0.15) is 10.5 Å². The first kappa shape index (κ1) is 26.1. The predicted octanol–water partition coefficient (Wildman–Crippen LogP) is 4.58. The predicted molar refractivity (Wildman–Crippen MR) is 145 cm³/mol. The van der Waals surface area contributed by atoms with Gasteiger partial charge in [-0.05, 0) is 43.2 Å². The van der Waals surface area contributed by atoms with E-state index < -0.39 is 11.7 Å². The summed E-state index contributed by atoms with van der Waals surface area (Å²) in [4.78, 5) is 27.1. The van der Waals surface area contributed by atoms with Crippen molar-refractivity contribution in [1.82, 2.24) is 10.2 Å². The highest BCUT2D eigenvalue weighted by atomic mass is 32.2. The molecule has 5 rings (SSSR count). The number of thioether (sulfide) groups is 1. The fourth-order valence-corrected chi connectivity index (χ4v) is 6.31. The number of anilines is 2. The molecular formula is C27H20FN7O2S2. The minimum Gasteiger partial charge on any atom is -0.384 e. The van der Waals surface area contributed by atoms with Gasteiger partial charge in [0.25, 0.3) is 0 Å². The molecule has 1 aromatic heterocycles. The number of Topliss-reactive ketones (excluding diaryl/α,β-unsaturated/α-hetero) is 1. The normalized spacial score (nSPS) is 16.9. The van der Waals surface area contributed by atoms with E-state index in [4.69, 9.17) is 11.0 Å². The van der Waals surface area contributed by atoms with Crippen molar-refractivity contribution in [3.63, 3.8) is 0 Å². The highest BCUT2D eigenvalue weighted by molar-refractivity contribution is 8.01. The molecule has 0 spiro atoms. The second-order valence-electron chi connectivity index (χ2n) is 8.71. The van der Waals surface area contributed by atoms with Crippen molar-refractivity contribution < 1.29 is 14.0 Å². The van der Waals surface area contributed by atoms with Crippen molar-refractivity contribution in [3.05, 3.63) is 88.1 Å². The number of nitrogens with zero attached hydrogens (tertiary/aromatic N) is 5. The molecule has 0 saturated heterocycles. The van der Waals surface area contributed by atoms with Crippen LogP contribution in [0, 0.1) is 28.5 Å². The number of carbonyl (C=O) groups excluding carboxylic acids is 2. The van der Waals surface area contributed by atoms with E-state index >= 15 is 0 Å². The van der Waals surface area contributed by atoms with Crippen LogP contribution in [0.2, 0.25) is 0 Å². The first-order valence-electron chi connectivity index (χ1n) is 11.9. The first-order valence-corrected chi connectivity index (χ1v) is 13.7. The van der Waals surface area contributed by atoms with Gasteiger partial charge in [-0.1, -0.05) is 41.3 Å². The van der Waals surface area contributed by atoms with Crippen LogP contribution in [-0.2, 0) is 9.59 Å². The third-order valence-corrected chi connectivity index (χ3v) is 8.38. The summed E-state index contributed by atoms with van der Waals surface area (Å²) in [6, 6.07) is 16.7. The smallest absolute Gasteiger partial charge is 0.234 e. The molecule has 3 aromatic rings. The zero-order chi connectivity index (χ0) is 27.5. The summed E-state index contributed by atoms with van der Waals surface area (Å²) >= 11 is 2.35. The number of ketones is 1. The Balaban J connectivity index is 1.40. The maximum atomic E-state index is 14.9. The molecule has 0 radical (unpaired) electrons. The van der Waals surface area contributed by atoms with Crippen LogP contribution < -0.4 is 16.0 Å². The van der Waals surface area contributed by atoms with Crippen LogP contribution in [-0.4, -0.2) is 27.6 Å². The van der Waals surface area contributed by atoms with E-state index in [9.17, 15) is 19.2 Å². The fourth-order valence-electron chi connectivity index (χ4n) is 4.63. The summed E-state index contributed by atoms with van der Waals surface area (Å²) in [7, 11) is 0. The molecule has 1 amide bonds. The highest BCUT2D eigenvalue weighted by Crippen LogP contribution is 2.47. The van der Waals surface area contributed by atoms with Gasteiger partial charge in [0.2, 0.25) is 11.0 Å². The molecular weight excluding hydrogens is 537 g/mol. The van der Waals surface area contributed by atoms with E-state index in [-0.39, 0.29) is 34.4 Å². The lowest BCUT2D eigenvalue weighted by Gasteiger charge is -2.38. The van der Waals surface area contributed by atoms with Crippen LogP contribution in [0.5, 0.6) is 0 Å². The van der Waals surface area contributed by atoms with Crippen molar-refractivity contribution in [2.24, 2.45) is 5.73 Å². The van der Waals surface area contributed by atoms with Crippen LogP contribution in [0.4, 0.5) is 15.2 Å². The molecule has 1 aliphatic carbocycles. The largest absolute Gasteiger partial charge is 0.384 e. The lowest BCUT2D eigenvalue weighted by Crippen LogP contribution is -2.38. The van der Waals surface area contributed by atoms with Crippen LogP contribution in [0.3, 0.4) is 0 Å². The quantitative estimate of drug-likeness (QED) is 0.415. The van der Waals surface area contributed by atoms with Crippen molar-refractivity contribution in [2.75, 3.05) is 16.0 Å². The Labute approximate surface area is 231 Å². The number of carbonyl (C=O) groups is 2. The summed E-state index contributed by atoms with van der Waals surface area (Å²) in [6.45, 7) is 0. The van der Waals surface area contributed by atoms with Gasteiger partial charge in [0.15, 0.2) is 10.1 Å². The van der Waals surface area contributed by atoms with E-state index in [0.717, 1.165) is 0 Å². The molecule has 12 heteroatoms. The van der Waals surface area contributed by atoms with E-state index in [1.165, 1.54) is 29.2 Å². The van der Waals surface area contributed by atoms with Gasteiger partial charge >= 0.3 is 0 Å². The summed E-state index contributed by atoms with van der Waals surface area (Å²) in [6.07, 6.45) is 1.38. The van der Waals surface area contributed by atoms with Crippen molar-refractivity contribution >= 4 is 45.6 Å². The number of amides is 1. The molecule has 2 heterocycles. The van der Waals surface area contributed by atoms with Crippen molar-refractivity contribution in [1.29, 1.82) is 10.5 Å². The molecule has 0 saturated carbocycles. The van der Waals surface area contributed by atoms with Crippen LogP contribution in [0.1, 0.15) is 36.3 Å². The number of nitrogens with two attached hydrogens (primary N) is 1. The Kier molecular flexibility index (Phi) is 7.41. The monoisotopic (exact) mass is 557 g/mol. The third kappa shape index (κ3) is 5.12. The standard InChI is InChI=1S/C27H20FN7O2S2/c28-19-5-2-1-4-17(19)23-18(13-30)25(31)35(20-6-3-7-21(36)24(20)23)26-33-34-27(39-26)38-14-22(37)32-16-10-8-15(12-29)9-11-16/h1-2,4-5,8-11,23H,3,6-7,14,31H2,(H,32,37). The minimum absolute atomic E-state index is 0.0607. The van der Waals surface area contributed by atoms with Crippen LogP contribution in [0.15, 0.2) is 75.5 Å². The number of allylic oxidation sites excluding steroid dienone is 3. The molecule has 9 nitrogen and oxygen atoms in total. The van der Waals surface area contributed by atoms with Gasteiger partial charge in [0.05, 0.1) is 34.9 Å². The Morgan fingerprint density at radius 3 is 2.64 bits per heavy atom. The molecule has 1 aliphatic heterocycles. The summed E-state index contributed by atoms with van der Waals surface area (Å²) in [5.74, 6) is -1.70. The minimum atomic E-state index is -0.900. The Morgan fingerprint density at radius 1 is 1.15 bits per heavy atom. The third-order valence-electron chi connectivity index (χ3n) is 6.34. The van der Waals surface area contributed by atoms with Gasteiger partial charge in [0, 0.05) is 28.9 Å². The van der Waals surface area contributed by atoms with Crippen molar-refractivity contribution in [2.45, 2.75) is 29.5 Å². The van der Waals surface area contributed by atoms with E-state index in [1.54, 1.807) is 47.4 Å². The fraction of sp³-hybridized carbons (Fsp3) is 0.185. The number of hydrogen-bond donors (Lipinski definition) is 2. The molecule has 2 aliphatic rings. The van der Waals surface area contributed by atoms with Crippen LogP contribution >= 0.6 is 23.1 Å². The van der Waals surface area contributed by atoms with Gasteiger partial charge in [-0.25, -0.2) is 4.39 Å². The van der Waals surface area contributed by atoms with E-state index in [1.807, 2.05) is 6.07 Å². The van der Waals surface area contributed by atoms with Crippen molar-refractivity contribution in [3.8, 4) is 12.1 Å². The average molecular weight is 558 g/mol. The Morgan fingerprint density at radius 2 is 1.92 bits per heavy atom. The lowest BCUT2D eigenvalue weighted by molar-refractivity contribution is -0.116. The average Bonchev–Trinajstić information content (AvgIpc) is 3.41. The highest BCUT2D eigenvalue weighted by Gasteiger charge is 2.42. The number of halogens is 1. The summed E-state index contributed by atoms with van der Waals surface area (Å²) < 4.78 is 15.3. The second kappa shape index (κ2) is 11.1. The van der Waals surface area contributed by atoms with Gasteiger partial charge in [-0.15, -0.1) is 10.2 Å². The Bertz CT molecular complexity index is 1620. The topological polar surface area (TPSA) is 149 Å². The second-order valence-corrected chi connectivity index (χ2v) is 10.9. The van der Waals surface area contributed by atoms with Gasteiger partial charge in [0.1, 0.15) is 11.6 Å². The lowest BCUT2D eigenvalue weighted by atomic mass is 9.75.